The van der Waals surface area contributed by atoms with E-state index in [0.717, 1.165) is 29.8 Å². The van der Waals surface area contributed by atoms with Crippen molar-refractivity contribution in [3.05, 3.63) is 59.3 Å². The van der Waals surface area contributed by atoms with Gasteiger partial charge in [-0.1, -0.05) is 49.8 Å². The van der Waals surface area contributed by atoms with Crippen LogP contribution in [0.3, 0.4) is 0 Å². The molecular weight excluding hydrogens is 334 g/mol. The molecule has 0 aromatic heterocycles. The zero-order valence-corrected chi connectivity index (χ0v) is 17.2. The Morgan fingerprint density at radius 1 is 1.33 bits per heavy atom. The summed E-state index contributed by atoms with van der Waals surface area (Å²) in [5.74, 6) is 0.498. The summed E-state index contributed by atoms with van der Waals surface area (Å²) in [7, 11) is 0. The van der Waals surface area contributed by atoms with Gasteiger partial charge in [-0.3, -0.25) is 9.79 Å². The van der Waals surface area contributed by atoms with Crippen LogP contribution in [-0.4, -0.2) is 35.1 Å². The predicted molar refractivity (Wildman–Crippen MR) is 112 cm³/mol. The summed E-state index contributed by atoms with van der Waals surface area (Å²) < 4.78 is 0. The van der Waals surface area contributed by atoms with Gasteiger partial charge >= 0.3 is 0 Å². The minimum atomic E-state index is -0.322. The fourth-order valence-electron chi connectivity index (χ4n) is 3.84. The second kappa shape index (κ2) is 7.34. The largest absolute Gasteiger partial charge is 0.386 e. The first-order chi connectivity index (χ1) is 12.7. The summed E-state index contributed by atoms with van der Waals surface area (Å²) in [5, 5.41) is 3.63. The molecule has 144 valence electrons. The molecule has 1 fully saturated rings. The molecular formula is C23H31N3O. The minimum absolute atomic E-state index is 0.00788. The van der Waals surface area contributed by atoms with Crippen LogP contribution in [0.2, 0.25) is 0 Å². The number of aryl methyl sites for hydroxylation is 1. The van der Waals surface area contributed by atoms with Gasteiger partial charge in [0.15, 0.2) is 0 Å². The van der Waals surface area contributed by atoms with Crippen molar-refractivity contribution in [1.82, 2.24) is 10.2 Å². The number of fused-ring (bicyclic) bond motifs is 1. The third-order valence-electron chi connectivity index (χ3n) is 5.11. The van der Waals surface area contributed by atoms with Gasteiger partial charge in [0.2, 0.25) is 0 Å². The van der Waals surface area contributed by atoms with Crippen LogP contribution in [0.15, 0.2) is 53.2 Å². The molecule has 27 heavy (non-hydrogen) atoms. The Kier molecular flexibility index (Phi) is 5.27. The number of nitrogens with zero attached hydrogens (tertiary/aromatic N) is 2. The molecule has 1 saturated heterocycles. The number of carbonyl (C=O) groups excluding carboxylic acids is 1. The van der Waals surface area contributed by atoms with E-state index < -0.39 is 0 Å². The van der Waals surface area contributed by atoms with E-state index in [0.29, 0.717) is 18.2 Å². The lowest BCUT2D eigenvalue weighted by Gasteiger charge is -2.27. The molecule has 0 aliphatic carbocycles. The maximum atomic E-state index is 13.3. The summed E-state index contributed by atoms with van der Waals surface area (Å²) in [6, 6.07) is 8.35. The first-order valence-corrected chi connectivity index (χ1v) is 9.79. The Hall–Kier alpha value is -2.36. The first kappa shape index (κ1) is 19.4. The molecule has 3 rings (SSSR count). The molecule has 2 aliphatic heterocycles. The van der Waals surface area contributed by atoms with Crippen molar-refractivity contribution in [3.8, 4) is 0 Å². The van der Waals surface area contributed by atoms with E-state index in [1.54, 1.807) is 6.08 Å². The van der Waals surface area contributed by atoms with Crippen molar-refractivity contribution in [2.75, 3.05) is 13.1 Å². The van der Waals surface area contributed by atoms with Crippen LogP contribution in [0.1, 0.15) is 51.3 Å². The van der Waals surface area contributed by atoms with Crippen molar-refractivity contribution >= 4 is 11.6 Å². The molecule has 0 spiro atoms. The van der Waals surface area contributed by atoms with E-state index in [4.69, 9.17) is 4.99 Å². The molecule has 1 aromatic carbocycles. The monoisotopic (exact) mass is 365 g/mol. The van der Waals surface area contributed by atoms with Gasteiger partial charge < -0.3 is 10.2 Å². The third-order valence-corrected chi connectivity index (χ3v) is 5.11. The zero-order chi connectivity index (χ0) is 19.8. The molecule has 0 radical (unpaired) electrons. The number of rotatable bonds is 5. The van der Waals surface area contributed by atoms with Gasteiger partial charge in [-0.25, -0.2) is 0 Å². The van der Waals surface area contributed by atoms with Gasteiger partial charge in [0.25, 0.3) is 5.91 Å². The number of hydrogen-bond acceptors (Lipinski definition) is 3. The van der Waals surface area contributed by atoms with Gasteiger partial charge in [-0.05, 0) is 38.7 Å². The Labute approximate surface area is 163 Å². The van der Waals surface area contributed by atoms with E-state index in [9.17, 15) is 4.79 Å². The Balaban J connectivity index is 2.22. The number of aliphatic imine (C=N–C) groups is 1. The highest BCUT2D eigenvalue weighted by atomic mass is 16.2. The quantitative estimate of drug-likeness (QED) is 0.795. The fourth-order valence-corrected chi connectivity index (χ4v) is 3.84. The molecule has 2 aliphatic rings. The second-order valence-corrected chi connectivity index (χ2v) is 8.68. The minimum Gasteiger partial charge on any atom is -0.386 e. The van der Waals surface area contributed by atoms with Crippen molar-refractivity contribution < 1.29 is 4.79 Å². The van der Waals surface area contributed by atoms with Crippen LogP contribution >= 0.6 is 0 Å². The van der Waals surface area contributed by atoms with E-state index in [1.807, 2.05) is 4.90 Å². The van der Waals surface area contributed by atoms with E-state index in [-0.39, 0.29) is 17.5 Å². The Morgan fingerprint density at radius 3 is 2.59 bits per heavy atom. The summed E-state index contributed by atoms with van der Waals surface area (Å²) in [5.41, 5.74) is 4.83. The van der Waals surface area contributed by atoms with Crippen molar-refractivity contribution in [1.29, 1.82) is 0 Å². The predicted octanol–water partition coefficient (Wildman–Crippen LogP) is 4.19. The molecule has 4 nitrogen and oxygen atoms in total. The highest BCUT2D eigenvalue weighted by molar-refractivity contribution is 6.48. The SMILES string of the molecule is C=CCN1C(=O)C2=NC(C)(C)CNC(CC(C)C)=C2C1c1ccc(C)cc1. The third kappa shape index (κ3) is 3.85. The summed E-state index contributed by atoms with van der Waals surface area (Å²) in [4.78, 5) is 20.1. The van der Waals surface area contributed by atoms with Gasteiger partial charge in [0.1, 0.15) is 5.71 Å². The molecule has 1 atom stereocenters. The van der Waals surface area contributed by atoms with Crippen molar-refractivity contribution in [2.24, 2.45) is 10.9 Å². The molecule has 1 unspecified atom stereocenters. The molecule has 1 N–H and O–H groups in total. The average Bonchev–Trinajstić information content (AvgIpc) is 2.76. The molecule has 1 amide bonds. The van der Waals surface area contributed by atoms with Crippen LogP contribution in [0, 0.1) is 12.8 Å². The van der Waals surface area contributed by atoms with Gasteiger partial charge in [0.05, 0.1) is 11.6 Å². The number of nitrogens with one attached hydrogen (secondary N) is 1. The number of benzene rings is 1. The topological polar surface area (TPSA) is 44.7 Å². The Morgan fingerprint density at radius 2 is 2.00 bits per heavy atom. The van der Waals surface area contributed by atoms with E-state index in [1.165, 1.54) is 5.56 Å². The average molecular weight is 366 g/mol. The summed E-state index contributed by atoms with van der Waals surface area (Å²) in [6.07, 6.45) is 2.70. The maximum absolute atomic E-state index is 13.3. The highest BCUT2D eigenvalue weighted by Gasteiger charge is 2.45. The smallest absolute Gasteiger partial charge is 0.273 e. The number of amides is 1. The van der Waals surface area contributed by atoms with Gasteiger partial charge in [-0.15, -0.1) is 6.58 Å². The highest BCUT2D eigenvalue weighted by Crippen LogP contribution is 2.40. The fraction of sp³-hybridized carbons (Fsp3) is 0.478. The lowest BCUT2D eigenvalue weighted by Crippen LogP contribution is -2.35. The summed E-state index contributed by atoms with van der Waals surface area (Å²) >= 11 is 0. The first-order valence-electron chi connectivity index (χ1n) is 9.79. The van der Waals surface area contributed by atoms with Gasteiger partial charge in [-0.2, -0.15) is 0 Å². The van der Waals surface area contributed by atoms with E-state index >= 15 is 0 Å². The number of carbonyl (C=O) groups is 1. The second-order valence-electron chi connectivity index (χ2n) is 8.68. The standard InChI is InChI=1S/C23H31N3O/c1-7-12-26-21(17-10-8-16(4)9-11-17)19-18(13-15(2)3)24-14-23(5,6)25-20(19)22(26)27/h7-11,15,21,24H,1,12-14H2,2-6H3. The van der Waals surface area contributed by atoms with Crippen molar-refractivity contribution in [2.45, 2.75) is 52.6 Å². The van der Waals surface area contributed by atoms with Crippen LogP contribution in [0.25, 0.3) is 0 Å². The molecule has 4 heteroatoms. The molecule has 2 heterocycles. The van der Waals surface area contributed by atoms with Crippen molar-refractivity contribution in [3.63, 3.8) is 0 Å². The normalized spacial score (nSPS) is 21.7. The maximum Gasteiger partial charge on any atom is 0.273 e. The van der Waals surface area contributed by atoms with Crippen LogP contribution in [0.5, 0.6) is 0 Å². The number of likely N-dealkylation sites (tertiary alicyclic amines) is 1. The van der Waals surface area contributed by atoms with Crippen LogP contribution in [-0.2, 0) is 4.79 Å². The lowest BCUT2D eigenvalue weighted by molar-refractivity contribution is -0.123. The number of allylic oxidation sites excluding steroid dienone is 1. The molecule has 0 saturated carbocycles. The van der Waals surface area contributed by atoms with Gasteiger partial charge in [0, 0.05) is 24.4 Å². The lowest BCUT2D eigenvalue weighted by atomic mass is 9.93. The molecule has 0 bridgehead atoms. The molecule has 1 aromatic rings. The van der Waals surface area contributed by atoms with Crippen LogP contribution < -0.4 is 5.32 Å². The summed E-state index contributed by atoms with van der Waals surface area (Å²) in [6.45, 7) is 15.8. The zero-order valence-electron chi connectivity index (χ0n) is 17.2. The van der Waals surface area contributed by atoms with Crippen LogP contribution in [0.4, 0.5) is 0 Å². The van der Waals surface area contributed by atoms with E-state index in [2.05, 4.69) is 70.8 Å². The Bertz CT molecular complexity index is 799. The number of hydrogen-bond donors (Lipinski definition) is 1.